The summed E-state index contributed by atoms with van der Waals surface area (Å²) >= 11 is 11.8. The number of nitrogens with zero attached hydrogens (tertiary/aromatic N) is 2. The number of carbonyl (C=O) groups is 1. The number of aryl methyl sites for hydroxylation is 1. The molecule has 2 aromatic carbocycles. The van der Waals surface area contributed by atoms with E-state index in [-0.39, 0.29) is 10.9 Å². The lowest BCUT2D eigenvalue weighted by Crippen LogP contribution is -2.09. The molecule has 0 amide bonds. The number of hydrogen-bond donors (Lipinski definition) is 0. The molecule has 0 unspecified atom stereocenters. The van der Waals surface area contributed by atoms with E-state index in [1.807, 2.05) is 31.2 Å². The molecule has 128 valence electrons. The highest BCUT2D eigenvalue weighted by molar-refractivity contribution is 6.42. The highest BCUT2D eigenvalue weighted by atomic mass is 35.5. The first-order chi connectivity index (χ1) is 11.9. The Bertz CT molecular complexity index is 907. The van der Waals surface area contributed by atoms with Crippen LogP contribution >= 0.6 is 23.2 Å². The molecule has 0 bridgehead atoms. The van der Waals surface area contributed by atoms with Crippen LogP contribution in [0, 0.1) is 6.92 Å². The van der Waals surface area contributed by atoms with Gasteiger partial charge in [0.2, 0.25) is 5.89 Å². The lowest BCUT2D eigenvalue weighted by atomic mass is 10.1. The minimum absolute atomic E-state index is 0.212. The molecule has 1 atom stereocenters. The second-order valence-corrected chi connectivity index (χ2v) is 6.30. The third-order valence-electron chi connectivity index (χ3n) is 3.53. The van der Waals surface area contributed by atoms with Crippen molar-refractivity contribution in [3.8, 4) is 11.5 Å². The summed E-state index contributed by atoms with van der Waals surface area (Å²) in [5.74, 6) is 0.0255. The highest BCUT2D eigenvalue weighted by Gasteiger charge is 2.20. The van der Waals surface area contributed by atoms with Gasteiger partial charge in [-0.2, -0.15) is 0 Å². The van der Waals surface area contributed by atoms with Crippen molar-refractivity contribution in [2.75, 3.05) is 0 Å². The van der Waals surface area contributed by atoms with E-state index in [0.717, 1.165) is 11.1 Å². The number of benzene rings is 2. The van der Waals surface area contributed by atoms with E-state index in [1.54, 1.807) is 6.92 Å². The Labute approximate surface area is 154 Å². The van der Waals surface area contributed by atoms with Gasteiger partial charge in [0.1, 0.15) is 0 Å². The van der Waals surface area contributed by atoms with Gasteiger partial charge in [0, 0.05) is 5.56 Å². The molecule has 1 aromatic heterocycles. The van der Waals surface area contributed by atoms with Crippen LogP contribution in [0.5, 0.6) is 0 Å². The Kier molecular flexibility index (Phi) is 5.06. The van der Waals surface area contributed by atoms with Gasteiger partial charge in [-0.25, -0.2) is 4.79 Å². The first-order valence-electron chi connectivity index (χ1n) is 7.50. The summed E-state index contributed by atoms with van der Waals surface area (Å²) in [5.41, 5.74) is 2.22. The molecule has 0 N–H and O–H groups in total. The smallest absolute Gasteiger partial charge is 0.338 e. The highest BCUT2D eigenvalue weighted by Crippen LogP contribution is 2.26. The molecule has 0 spiro atoms. The van der Waals surface area contributed by atoms with Gasteiger partial charge in [-0.05, 0) is 44.2 Å². The Morgan fingerprint density at radius 2 is 1.80 bits per heavy atom. The maximum atomic E-state index is 12.2. The summed E-state index contributed by atoms with van der Waals surface area (Å²) in [6, 6.07) is 12.2. The van der Waals surface area contributed by atoms with Crippen LogP contribution < -0.4 is 0 Å². The maximum Gasteiger partial charge on any atom is 0.338 e. The number of halogens is 2. The summed E-state index contributed by atoms with van der Waals surface area (Å²) in [4.78, 5) is 12.2. The van der Waals surface area contributed by atoms with Crippen molar-refractivity contribution >= 4 is 29.2 Å². The van der Waals surface area contributed by atoms with Crippen LogP contribution in [0.3, 0.4) is 0 Å². The zero-order valence-corrected chi connectivity index (χ0v) is 15.0. The van der Waals surface area contributed by atoms with Crippen molar-refractivity contribution in [3.05, 3.63) is 69.5 Å². The number of ether oxygens (including phenoxy) is 1. The average Bonchev–Trinajstić information content (AvgIpc) is 3.08. The summed E-state index contributed by atoms with van der Waals surface area (Å²) in [5, 5.41) is 8.60. The summed E-state index contributed by atoms with van der Waals surface area (Å²) in [7, 11) is 0. The molecule has 0 saturated carbocycles. The van der Waals surface area contributed by atoms with Crippen molar-refractivity contribution in [2.24, 2.45) is 0 Å². The molecular weight excluding hydrogens is 363 g/mol. The molecule has 7 heteroatoms. The van der Waals surface area contributed by atoms with E-state index in [2.05, 4.69) is 10.2 Å². The van der Waals surface area contributed by atoms with Gasteiger partial charge in [-0.3, -0.25) is 0 Å². The second-order valence-electron chi connectivity index (χ2n) is 5.49. The third-order valence-corrected chi connectivity index (χ3v) is 4.27. The van der Waals surface area contributed by atoms with E-state index in [9.17, 15) is 4.79 Å². The predicted octanol–water partition coefficient (Wildman–Crippen LogP) is 5.27. The summed E-state index contributed by atoms with van der Waals surface area (Å²) < 4.78 is 11.0. The number of hydrogen-bond acceptors (Lipinski definition) is 5. The van der Waals surface area contributed by atoms with Crippen LogP contribution in [0.1, 0.15) is 34.8 Å². The normalized spacial score (nSPS) is 12.0. The molecule has 0 aliphatic heterocycles. The Hall–Kier alpha value is -2.37. The van der Waals surface area contributed by atoms with Crippen LogP contribution in [0.15, 0.2) is 46.9 Å². The average molecular weight is 377 g/mol. The molecular formula is C18H14Cl2N2O3. The molecule has 0 saturated heterocycles. The van der Waals surface area contributed by atoms with Crippen molar-refractivity contribution in [1.29, 1.82) is 0 Å². The quantitative estimate of drug-likeness (QED) is 0.580. The van der Waals surface area contributed by atoms with E-state index in [0.29, 0.717) is 16.5 Å². The van der Waals surface area contributed by atoms with Gasteiger partial charge < -0.3 is 9.15 Å². The third kappa shape index (κ3) is 4.00. The standard InChI is InChI=1S/C18H14Cl2N2O3/c1-10-3-5-12(6-4-10)17-22-21-16(25-17)11(2)24-18(23)13-7-8-14(19)15(20)9-13/h3-9,11H,1-2H3/t11-/m0/s1. The topological polar surface area (TPSA) is 65.2 Å². The second kappa shape index (κ2) is 7.25. The predicted molar refractivity (Wildman–Crippen MR) is 94.8 cm³/mol. The Morgan fingerprint density at radius 3 is 2.48 bits per heavy atom. The molecule has 0 aliphatic carbocycles. The van der Waals surface area contributed by atoms with Crippen molar-refractivity contribution < 1.29 is 13.9 Å². The van der Waals surface area contributed by atoms with Crippen LogP contribution in [0.2, 0.25) is 10.0 Å². The van der Waals surface area contributed by atoms with Gasteiger partial charge >= 0.3 is 5.97 Å². The minimum atomic E-state index is -0.700. The van der Waals surface area contributed by atoms with E-state index in [4.69, 9.17) is 32.4 Å². The number of esters is 1. The molecule has 0 fully saturated rings. The first-order valence-corrected chi connectivity index (χ1v) is 8.26. The Morgan fingerprint density at radius 1 is 1.08 bits per heavy atom. The Balaban J connectivity index is 1.73. The van der Waals surface area contributed by atoms with Gasteiger partial charge in [0.05, 0.1) is 15.6 Å². The van der Waals surface area contributed by atoms with Crippen LogP contribution in [0.25, 0.3) is 11.5 Å². The largest absolute Gasteiger partial charge is 0.449 e. The number of aromatic nitrogens is 2. The molecule has 3 aromatic rings. The lowest BCUT2D eigenvalue weighted by Gasteiger charge is -2.09. The SMILES string of the molecule is Cc1ccc(-c2nnc([C@H](C)OC(=O)c3ccc(Cl)c(Cl)c3)o2)cc1. The van der Waals surface area contributed by atoms with Crippen molar-refractivity contribution in [2.45, 2.75) is 20.0 Å². The van der Waals surface area contributed by atoms with E-state index in [1.165, 1.54) is 18.2 Å². The first kappa shape index (κ1) is 17.5. The van der Waals surface area contributed by atoms with Crippen molar-refractivity contribution in [1.82, 2.24) is 10.2 Å². The molecule has 1 heterocycles. The van der Waals surface area contributed by atoms with E-state index < -0.39 is 12.1 Å². The van der Waals surface area contributed by atoms with Gasteiger partial charge in [0.25, 0.3) is 5.89 Å². The number of carbonyl (C=O) groups excluding carboxylic acids is 1. The maximum absolute atomic E-state index is 12.2. The molecule has 0 radical (unpaired) electrons. The van der Waals surface area contributed by atoms with Gasteiger partial charge in [0.15, 0.2) is 6.10 Å². The molecule has 5 nitrogen and oxygen atoms in total. The molecule has 3 rings (SSSR count). The molecule has 0 aliphatic rings. The summed E-state index contributed by atoms with van der Waals surface area (Å²) in [6.07, 6.45) is -0.700. The van der Waals surface area contributed by atoms with Crippen LogP contribution in [0.4, 0.5) is 0 Å². The summed E-state index contributed by atoms with van der Waals surface area (Å²) in [6.45, 7) is 3.65. The fourth-order valence-corrected chi connectivity index (χ4v) is 2.41. The zero-order chi connectivity index (χ0) is 18.0. The van der Waals surface area contributed by atoms with Crippen LogP contribution in [-0.2, 0) is 4.74 Å². The van der Waals surface area contributed by atoms with Gasteiger partial charge in [-0.15, -0.1) is 10.2 Å². The zero-order valence-electron chi connectivity index (χ0n) is 13.5. The fraction of sp³-hybridized carbons (Fsp3) is 0.167. The van der Waals surface area contributed by atoms with Gasteiger partial charge in [-0.1, -0.05) is 40.9 Å². The lowest BCUT2D eigenvalue weighted by molar-refractivity contribution is 0.0280. The molecule has 25 heavy (non-hydrogen) atoms. The number of rotatable bonds is 4. The van der Waals surface area contributed by atoms with Crippen LogP contribution in [-0.4, -0.2) is 16.2 Å². The monoisotopic (exact) mass is 376 g/mol. The minimum Gasteiger partial charge on any atom is -0.449 e. The van der Waals surface area contributed by atoms with Crippen molar-refractivity contribution in [3.63, 3.8) is 0 Å². The fourth-order valence-electron chi connectivity index (χ4n) is 2.11. The van der Waals surface area contributed by atoms with E-state index >= 15 is 0 Å².